The molecule has 2 aliphatic rings. The Bertz CT molecular complexity index is 1130. The van der Waals surface area contributed by atoms with E-state index in [9.17, 15) is 9.59 Å². The van der Waals surface area contributed by atoms with Gasteiger partial charge in [0.05, 0.1) is 31.3 Å². The zero-order chi connectivity index (χ0) is 23.5. The quantitative estimate of drug-likeness (QED) is 0.553. The molecule has 2 aromatic rings. The van der Waals surface area contributed by atoms with Crippen molar-refractivity contribution in [2.45, 2.75) is 12.3 Å². The summed E-state index contributed by atoms with van der Waals surface area (Å²) in [6.45, 7) is 0.570. The van der Waals surface area contributed by atoms with E-state index in [1.807, 2.05) is 6.07 Å². The number of esters is 2. The Labute approximate surface area is 201 Å². The number of ether oxygens (including phenoxy) is 4. The van der Waals surface area contributed by atoms with Gasteiger partial charge in [0.15, 0.2) is 11.5 Å². The van der Waals surface area contributed by atoms with Crippen LogP contribution in [0.1, 0.15) is 17.0 Å². The fourth-order valence-corrected chi connectivity index (χ4v) is 4.35. The molecule has 172 valence electrons. The lowest BCUT2D eigenvalue weighted by Gasteiger charge is -2.30. The molecular formula is C24H21Cl2NO6. The van der Waals surface area contributed by atoms with Gasteiger partial charge in [0.25, 0.3) is 0 Å². The van der Waals surface area contributed by atoms with E-state index >= 15 is 0 Å². The minimum absolute atomic E-state index is 0.115. The van der Waals surface area contributed by atoms with Crippen LogP contribution in [-0.2, 0) is 25.5 Å². The molecule has 0 fully saturated rings. The summed E-state index contributed by atoms with van der Waals surface area (Å²) in [7, 11) is 2.60. The molecule has 0 spiro atoms. The van der Waals surface area contributed by atoms with E-state index < -0.39 is 17.9 Å². The highest BCUT2D eigenvalue weighted by Crippen LogP contribution is 2.41. The zero-order valence-corrected chi connectivity index (χ0v) is 19.5. The Hall–Kier alpha value is -3.16. The first kappa shape index (κ1) is 23.0. The Morgan fingerprint density at radius 1 is 0.970 bits per heavy atom. The van der Waals surface area contributed by atoms with Gasteiger partial charge in [0.2, 0.25) is 6.79 Å². The topological polar surface area (TPSA) is 74.3 Å². The normalized spacial score (nSPS) is 15.1. The fourth-order valence-electron chi connectivity index (χ4n) is 3.84. The van der Waals surface area contributed by atoms with E-state index in [4.69, 9.17) is 42.1 Å². The molecule has 2 heterocycles. The number of fused-ring (bicyclic) bond motifs is 1. The molecule has 7 nitrogen and oxygen atoms in total. The van der Waals surface area contributed by atoms with Crippen molar-refractivity contribution in [1.82, 2.24) is 4.90 Å². The van der Waals surface area contributed by atoms with Crippen LogP contribution in [0.5, 0.6) is 11.5 Å². The lowest BCUT2D eigenvalue weighted by Crippen LogP contribution is -2.29. The number of carbonyl (C=O) groups is 2. The molecule has 4 rings (SSSR count). The average Bonchev–Trinajstić information content (AvgIpc) is 3.29. The molecule has 0 radical (unpaired) electrons. The van der Waals surface area contributed by atoms with Crippen LogP contribution in [0, 0.1) is 0 Å². The molecule has 0 aromatic heterocycles. The number of hydrogen-bond acceptors (Lipinski definition) is 7. The molecule has 0 saturated heterocycles. The van der Waals surface area contributed by atoms with Crippen LogP contribution in [0.2, 0.25) is 10.0 Å². The average molecular weight is 490 g/mol. The summed E-state index contributed by atoms with van der Waals surface area (Å²) in [6, 6.07) is 10.6. The number of methoxy groups -OCH3 is 2. The molecule has 0 amide bonds. The monoisotopic (exact) mass is 489 g/mol. The van der Waals surface area contributed by atoms with E-state index in [1.54, 1.807) is 47.6 Å². The van der Waals surface area contributed by atoms with Crippen LogP contribution in [0.25, 0.3) is 0 Å². The molecule has 2 aliphatic heterocycles. The number of nitrogens with zero attached hydrogens (tertiary/aromatic N) is 1. The van der Waals surface area contributed by atoms with Gasteiger partial charge in [-0.2, -0.15) is 0 Å². The van der Waals surface area contributed by atoms with Crippen molar-refractivity contribution in [3.8, 4) is 11.5 Å². The summed E-state index contributed by atoms with van der Waals surface area (Å²) < 4.78 is 20.9. The summed E-state index contributed by atoms with van der Waals surface area (Å²) >= 11 is 12.3. The van der Waals surface area contributed by atoms with Gasteiger partial charge >= 0.3 is 11.9 Å². The lowest BCUT2D eigenvalue weighted by molar-refractivity contribution is -0.137. The molecule has 2 aromatic carbocycles. The van der Waals surface area contributed by atoms with Gasteiger partial charge in [0.1, 0.15) is 0 Å². The second kappa shape index (κ2) is 9.77. The lowest BCUT2D eigenvalue weighted by atomic mass is 9.83. The van der Waals surface area contributed by atoms with Crippen LogP contribution in [0.4, 0.5) is 0 Å². The second-order valence-corrected chi connectivity index (χ2v) is 8.26. The van der Waals surface area contributed by atoms with Crippen LogP contribution in [0.3, 0.4) is 0 Å². The van der Waals surface area contributed by atoms with E-state index in [0.717, 1.165) is 5.56 Å². The van der Waals surface area contributed by atoms with Crippen LogP contribution in [-0.4, -0.2) is 44.4 Å². The number of carbonyl (C=O) groups excluding carboxylic acids is 2. The largest absolute Gasteiger partial charge is 0.466 e. The third-order valence-corrected chi connectivity index (χ3v) is 6.05. The minimum atomic E-state index is -0.699. The standard InChI is InChI=1S/C24H21Cl2NO6/c1-30-23(28)17-11-27(8-7-14-3-5-16(25)10-19(14)26)12-18(24(29)31-2)22(17)15-4-6-20-21(9-15)33-13-32-20/h3-6,9-12,22H,7-8,13H2,1-2H3. The maximum Gasteiger partial charge on any atom is 0.336 e. The second-order valence-electron chi connectivity index (χ2n) is 7.42. The summed E-state index contributed by atoms with van der Waals surface area (Å²) in [6.07, 6.45) is 3.91. The molecule has 0 atom stereocenters. The highest BCUT2D eigenvalue weighted by molar-refractivity contribution is 6.35. The van der Waals surface area contributed by atoms with E-state index in [1.165, 1.54) is 14.2 Å². The fraction of sp³-hybridized carbons (Fsp3) is 0.250. The van der Waals surface area contributed by atoms with Crippen LogP contribution in [0.15, 0.2) is 59.9 Å². The van der Waals surface area contributed by atoms with E-state index in [0.29, 0.717) is 51.2 Å². The minimum Gasteiger partial charge on any atom is -0.466 e. The zero-order valence-electron chi connectivity index (χ0n) is 18.0. The highest BCUT2D eigenvalue weighted by Gasteiger charge is 2.36. The Balaban J connectivity index is 1.70. The number of halogens is 2. The molecule has 0 N–H and O–H groups in total. The van der Waals surface area contributed by atoms with Gasteiger partial charge in [0, 0.05) is 29.0 Å². The van der Waals surface area contributed by atoms with Crippen LogP contribution >= 0.6 is 23.2 Å². The highest BCUT2D eigenvalue weighted by atomic mass is 35.5. The molecule has 0 unspecified atom stereocenters. The predicted octanol–water partition coefficient (Wildman–Crippen LogP) is 4.48. The van der Waals surface area contributed by atoms with Gasteiger partial charge in [-0.1, -0.05) is 35.3 Å². The van der Waals surface area contributed by atoms with Crippen molar-refractivity contribution < 1.29 is 28.5 Å². The smallest absolute Gasteiger partial charge is 0.336 e. The molecule has 0 bridgehead atoms. The van der Waals surface area contributed by atoms with E-state index in [2.05, 4.69) is 0 Å². The maximum atomic E-state index is 12.8. The third-order valence-electron chi connectivity index (χ3n) is 5.46. The summed E-state index contributed by atoms with van der Waals surface area (Å²) in [5.74, 6) is -0.665. The summed E-state index contributed by atoms with van der Waals surface area (Å²) in [5, 5.41) is 1.10. The molecular weight excluding hydrogens is 469 g/mol. The molecule has 33 heavy (non-hydrogen) atoms. The van der Waals surface area contributed by atoms with Gasteiger partial charge in [-0.05, 0) is 41.8 Å². The first-order valence-electron chi connectivity index (χ1n) is 10.1. The van der Waals surface area contributed by atoms with Crippen molar-refractivity contribution >= 4 is 35.1 Å². The Morgan fingerprint density at radius 2 is 1.64 bits per heavy atom. The third kappa shape index (κ3) is 4.79. The number of hydrogen-bond donors (Lipinski definition) is 0. The van der Waals surface area contributed by atoms with Crippen molar-refractivity contribution in [2.75, 3.05) is 27.6 Å². The Kier molecular flexibility index (Phi) is 6.81. The van der Waals surface area contributed by atoms with Crippen molar-refractivity contribution in [3.05, 3.63) is 81.1 Å². The SMILES string of the molecule is COC(=O)C1=CN(CCc2ccc(Cl)cc2Cl)C=C(C(=O)OC)C1c1ccc2c(c1)OCO2. The maximum absolute atomic E-state index is 12.8. The molecule has 9 heteroatoms. The first-order chi connectivity index (χ1) is 15.9. The first-order valence-corrected chi connectivity index (χ1v) is 10.9. The van der Waals surface area contributed by atoms with Gasteiger partial charge < -0.3 is 23.8 Å². The van der Waals surface area contributed by atoms with Gasteiger partial charge in [-0.15, -0.1) is 0 Å². The number of rotatable bonds is 6. The van der Waals surface area contributed by atoms with Crippen molar-refractivity contribution in [3.63, 3.8) is 0 Å². The molecule has 0 saturated carbocycles. The summed E-state index contributed by atoms with van der Waals surface area (Å²) in [5.41, 5.74) is 2.15. The van der Waals surface area contributed by atoms with Gasteiger partial charge in [-0.3, -0.25) is 0 Å². The van der Waals surface area contributed by atoms with Crippen molar-refractivity contribution in [1.29, 1.82) is 0 Å². The van der Waals surface area contributed by atoms with Crippen LogP contribution < -0.4 is 9.47 Å². The predicted molar refractivity (Wildman–Crippen MR) is 122 cm³/mol. The Morgan fingerprint density at radius 3 is 2.27 bits per heavy atom. The van der Waals surface area contributed by atoms with Crippen molar-refractivity contribution in [2.24, 2.45) is 0 Å². The summed E-state index contributed by atoms with van der Waals surface area (Å²) in [4.78, 5) is 27.3. The number of benzene rings is 2. The van der Waals surface area contributed by atoms with E-state index in [-0.39, 0.29) is 6.79 Å². The van der Waals surface area contributed by atoms with Gasteiger partial charge in [-0.25, -0.2) is 9.59 Å². The molecule has 0 aliphatic carbocycles.